The van der Waals surface area contributed by atoms with Crippen LogP contribution in [0.5, 0.6) is 0 Å². The Morgan fingerprint density at radius 3 is 2.39 bits per heavy atom. The summed E-state index contributed by atoms with van der Waals surface area (Å²) in [5, 5.41) is 1.15. The summed E-state index contributed by atoms with van der Waals surface area (Å²) in [6, 6.07) is 22.0. The quantitative estimate of drug-likeness (QED) is 0.544. The number of methoxy groups -OCH3 is 1. The Bertz CT molecular complexity index is 951. The Hall–Kier alpha value is -3.07. The van der Waals surface area contributed by atoms with Crippen molar-refractivity contribution in [2.75, 3.05) is 7.11 Å². The summed E-state index contributed by atoms with van der Waals surface area (Å²) in [5.74, 6) is -0.316. The number of rotatable bonds is 2. The molecule has 0 fully saturated rings. The molecule has 1 aromatic heterocycles. The first-order valence-electron chi connectivity index (χ1n) is 7.46. The highest BCUT2D eigenvalue weighted by atomic mass is 16.5. The predicted octanol–water partition coefficient (Wildman–Crippen LogP) is 4.73. The van der Waals surface area contributed by atoms with E-state index < -0.39 is 0 Å². The number of benzene rings is 1. The lowest BCUT2D eigenvalue weighted by Crippen LogP contribution is -1.99. The number of aromatic nitrogens is 1. The first-order chi connectivity index (χ1) is 11.3. The van der Waals surface area contributed by atoms with Crippen LogP contribution < -0.4 is 0 Å². The third-order valence-corrected chi connectivity index (χ3v) is 4.13. The van der Waals surface area contributed by atoms with Gasteiger partial charge in [-0.05, 0) is 29.3 Å². The van der Waals surface area contributed by atoms with Gasteiger partial charge >= 0.3 is 5.97 Å². The fourth-order valence-corrected chi connectivity index (χ4v) is 3.04. The lowest BCUT2D eigenvalue weighted by molar-refractivity contribution is 0.0602. The maximum Gasteiger partial charge on any atom is 0.338 e. The Morgan fingerprint density at radius 2 is 1.61 bits per heavy atom. The van der Waals surface area contributed by atoms with E-state index in [-0.39, 0.29) is 5.97 Å². The number of nitrogens with one attached hydrogen (secondary N) is 1. The van der Waals surface area contributed by atoms with Gasteiger partial charge in [0, 0.05) is 22.2 Å². The van der Waals surface area contributed by atoms with Crippen molar-refractivity contribution in [3.8, 4) is 22.4 Å². The van der Waals surface area contributed by atoms with Crippen molar-refractivity contribution in [1.29, 1.82) is 0 Å². The zero-order valence-corrected chi connectivity index (χ0v) is 12.7. The van der Waals surface area contributed by atoms with E-state index in [0.29, 0.717) is 5.56 Å². The largest absolute Gasteiger partial charge is 0.465 e. The number of para-hydroxylation sites is 1. The van der Waals surface area contributed by atoms with Crippen molar-refractivity contribution in [1.82, 2.24) is 4.98 Å². The summed E-state index contributed by atoms with van der Waals surface area (Å²) in [4.78, 5) is 15.5. The summed E-state index contributed by atoms with van der Waals surface area (Å²) < 4.78 is 4.93. The molecule has 112 valence electrons. The standard InChI is InChI=1S/C20H15NO2/c1-23-20(22)17-12-16(14-8-3-2-4-9-15(14)17)19-11-13-7-5-6-10-18(13)21-19/h2-12,21H,1H3. The molecule has 2 aromatic rings. The first kappa shape index (κ1) is 13.6. The van der Waals surface area contributed by atoms with E-state index in [2.05, 4.69) is 17.1 Å². The minimum Gasteiger partial charge on any atom is -0.465 e. The van der Waals surface area contributed by atoms with Gasteiger partial charge in [-0.2, -0.15) is 0 Å². The molecule has 0 saturated carbocycles. The smallest absolute Gasteiger partial charge is 0.338 e. The number of carbonyl (C=O) groups excluding carboxylic acids is 1. The maximum absolute atomic E-state index is 12.1. The van der Waals surface area contributed by atoms with Crippen LogP contribution in [-0.4, -0.2) is 18.1 Å². The zero-order chi connectivity index (χ0) is 15.8. The van der Waals surface area contributed by atoms with Crippen LogP contribution in [0.2, 0.25) is 0 Å². The van der Waals surface area contributed by atoms with E-state index >= 15 is 0 Å². The molecule has 0 aliphatic heterocycles. The monoisotopic (exact) mass is 301 g/mol. The van der Waals surface area contributed by atoms with E-state index in [1.165, 1.54) is 7.11 Å². The van der Waals surface area contributed by atoms with Gasteiger partial charge in [0.05, 0.1) is 12.7 Å². The van der Waals surface area contributed by atoms with Crippen molar-refractivity contribution in [2.45, 2.75) is 0 Å². The van der Waals surface area contributed by atoms with Crippen molar-refractivity contribution in [3.05, 3.63) is 72.3 Å². The van der Waals surface area contributed by atoms with Crippen LogP contribution in [0.1, 0.15) is 10.4 Å². The molecule has 4 rings (SSSR count). The average molecular weight is 301 g/mol. The summed E-state index contributed by atoms with van der Waals surface area (Å²) >= 11 is 0. The summed E-state index contributed by atoms with van der Waals surface area (Å²) in [6.45, 7) is 0. The van der Waals surface area contributed by atoms with Gasteiger partial charge < -0.3 is 9.72 Å². The van der Waals surface area contributed by atoms with E-state index in [4.69, 9.17) is 4.74 Å². The van der Waals surface area contributed by atoms with E-state index in [1.807, 2.05) is 54.6 Å². The summed E-state index contributed by atoms with van der Waals surface area (Å²) in [5.41, 5.74) is 5.60. The Balaban J connectivity index is 1.98. The van der Waals surface area contributed by atoms with Crippen LogP contribution in [0, 0.1) is 0 Å². The van der Waals surface area contributed by atoms with E-state index in [9.17, 15) is 4.79 Å². The first-order valence-corrected chi connectivity index (χ1v) is 7.46. The average Bonchev–Trinajstić information content (AvgIpc) is 3.07. The second kappa shape index (κ2) is 5.29. The fourth-order valence-electron chi connectivity index (χ4n) is 3.04. The van der Waals surface area contributed by atoms with Crippen molar-refractivity contribution < 1.29 is 9.53 Å². The van der Waals surface area contributed by atoms with E-state index in [0.717, 1.165) is 33.3 Å². The normalized spacial score (nSPS) is 11.0. The molecule has 3 heteroatoms. The number of ether oxygens (including phenoxy) is 1. The highest BCUT2D eigenvalue weighted by Crippen LogP contribution is 2.39. The van der Waals surface area contributed by atoms with Crippen LogP contribution in [-0.2, 0) is 4.74 Å². The molecule has 23 heavy (non-hydrogen) atoms. The highest BCUT2D eigenvalue weighted by Gasteiger charge is 2.21. The lowest BCUT2D eigenvalue weighted by atomic mass is 10.1. The molecular formula is C20H15NO2. The number of esters is 1. The number of carbonyl (C=O) groups is 1. The van der Waals surface area contributed by atoms with Gasteiger partial charge in [0.1, 0.15) is 0 Å². The number of hydrogen-bond donors (Lipinski definition) is 1. The van der Waals surface area contributed by atoms with Crippen LogP contribution in [0.25, 0.3) is 33.3 Å². The minimum absolute atomic E-state index is 0.316. The van der Waals surface area contributed by atoms with Gasteiger partial charge in [-0.15, -0.1) is 0 Å². The molecule has 2 aliphatic carbocycles. The third kappa shape index (κ3) is 2.18. The molecular weight excluding hydrogens is 286 g/mol. The lowest BCUT2D eigenvalue weighted by Gasteiger charge is -2.00. The maximum atomic E-state index is 12.1. The molecule has 0 radical (unpaired) electrons. The van der Waals surface area contributed by atoms with Crippen LogP contribution in [0.15, 0.2) is 66.7 Å². The predicted molar refractivity (Wildman–Crippen MR) is 91.7 cm³/mol. The van der Waals surface area contributed by atoms with Gasteiger partial charge in [-0.1, -0.05) is 48.5 Å². The Kier molecular flexibility index (Phi) is 3.12. The summed E-state index contributed by atoms with van der Waals surface area (Å²) in [6.07, 6.45) is 0. The Labute approximate surface area is 133 Å². The molecule has 0 atom stereocenters. The molecule has 0 amide bonds. The molecule has 1 N–H and O–H groups in total. The molecule has 0 saturated heterocycles. The van der Waals surface area contributed by atoms with E-state index in [1.54, 1.807) is 0 Å². The van der Waals surface area contributed by atoms with Crippen LogP contribution in [0.4, 0.5) is 0 Å². The molecule has 3 nitrogen and oxygen atoms in total. The second-order valence-electron chi connectivity index (χ2n) is 5.47. The van der Waals surface area contributed by atoms with Gasteiger partial charge in [-0.25, -0.2) is 4.79 Å². The number of aromatic amines is 1. The fraction of sp³-hybridized carbons (Fsp3) is 0.0500. The highest BCUT2D eigenvalue weighted by molar-refractivity contribution is 6.04. The Morgan fingerprint density at radius 1 is 0.870 bits per heavy atom. The number of hydrogen-bond acceptors (Lipinski definition) is 2. The molecule has 0 bridgehead atoms. The van der Waals surface area contributed by atoms with Crippen LogP contribution in [0.3, 0.4) is 0 Å². The van der Waals surface area contributed by atoms with Gasteiger partial charge in [0.15, 0.2) is 0 Å². The van der Waals surface area contributed by atoms with Gasteiger partial charge in [0.2, 0.25) is 0 Å². The van der Waals surface area contributed by atoms with Gasteiger partial charge in [-0.3, -0.25) is 0 Å². The van der Waals surface area contributed by atoms with Crippen molar-refractivity contribution in [2.24, 2.45) is 0 Å². The topological polar surface area (TPSA) is 42.1 Å². The van der Waals surface area contributed by atoms with Crippen molar-refractivity contribution >= 4 is 16.9 Å². The summed E-state index contributed by atoms with van der Waals surface area (Å²) in [7, 11) is 1.41. The van der Waals surface area contributed by atoms with Crippen LogP contribution >= 0.6 is 0 Å². The SMILES string of the molecule is COC(=O)c1cc(-c2cc3ccccc3[nH]2)c2cccccc1-2. The molecule has 2 aliphatic rings. The number of H-pyrrole nitrogens is 1. The van der Waals surface area contributed by atoms with Gasteiger partial charge in [0.25, 0.3) is 0 Å². The van der Waals surface area contributed by atoms with Crippen molar-refractivity contribution in [3.63, 3.8) is 0 Å². The molecule has 0 spiro atoms. The second-order valence-corrected chi connectivity index (χ2v) is 5.47. The minimum atomic E-state index is -0.316. The third-order valence-electron chi connectivity index (χ3n) is 4.13. The molecule has 0 unspecified atom stereocenters. The zero-order valence-electron chi connectivity index (χ0n) is 12.7. The molecule has 1 heterocycles. The number of fused-ring (bicyclic) bond motifs is 2. The molecule has 1 aromatic carbocycles.